The molecular weight excluding hydrogens is 274 g/mol. The van der Waals surface area contributed by atoms with Gasteiger partial charge in [0.1, 0.15) is 0 Å². The quantitative estimate of drug-likeness (QED) is 0.604. The minimum Gasteiger partial charge on any atom is -0.465 e. The van der Waals surface area contributed by atoms with Crippen molar-refractivity contribution in [2.75, 3.05) is 13.2 Å². The summed E-state index contributed by atoms with van der Waals surface area (Å²) in [5.74, 6) is -2.67. The third-order valence-electron chi connectivity index (χ3n) is 2.80. The van der Waals surface area contributed by atoms with Crippen LogP contribution in [0.5, 0.6) is 0 Å². The van der Waals surface area contributed by atoms with Gasteiger partial charge in [0, 0.05) is 5.39 Å². The predicted octanol–water partition coefficient (Wildman–Crippen LogP) is 1.23. The van der Waals surface area contributed by atoms with Crippen LogP contribution in [0.1, 0.15) is 25.5 Å². The second-order valence-corrected chi connectivity index (χ2v) is 4.13. The Balaban J connectivity index is 2.52. The summed E-state index contributed by atoms with van der Waals surface area (Å²) < 4.78 is 9.89. The van der Waals surface area contributed by atoms with Crippen molar-refractivity contribution >= 4 is 22.8 Å². The van der Waals surface area contributed by atoms with Gasteiger partial charge >= 0.3 is 11.9 Å². The lowest BCUT2D eigenvalue weighted by Gasteiger charge is -2.14. The van der Waals surface area contributed by atoms with Crippen LogP contribution in [-0.4, -0.2) is 40.6 Å². The molecule has 0 aliphatic heterocycles. The number of aromatic nitrogens is 3. The van der Waals surface area contributed by atoms with E-state index in [0.717, 1.165) is 0 Å². The fourth-order valence-corrected chi connectivity index (χ4v) is 1.93. The van der Waals surface area contributed by atoms with Crippen LogP contribution in [0.3, 0.4) is 0 Å². The molecule has 0 aliphatic rings. The molecule has 0 radical (unpaired) electrons. The zero-order valence-electron chi connectivity index (χ0n) is 11.8. The second kappa shape index (κ2) is 6.74. The molecule has 0 bridgehead atoms. The highest BCUT2D eigenvalue weighted by molar-refractivity contribution is 6.03. The summed E-state index contributed by atoms with van der Waals surface area (Å²) in [4.78, 5) is 24.2. The van der Waals surface area contributed by atoms with Crippen LogP contribution in [0.15, 0.2) is 24.3 Å². The summed E-state index contributed by atoms with van der Waals surface area (Å²) in [5, 5.41) is 11.9. The monoisotopic (exact) mass is 289 g/mol. The van der Waals surface area contributed by atoms with E-state index in [2.05, 4.69) is 15.4 Å². The predicted molar refractivity (Wildman–Crippen MR) is 73.3 cm³/mol. The molecule has 2 rings (SSSR count). The van der Waals surface area contributed by atoms with Crippen molar-refractivity contribution < 1.29 is 19.1 Å². The van der Waals surface area contributed by atoms with Crippen LogP contribution in [0.2, 0.25) is 0 Å². The summed E-state index contributed by atoms with van der Waals surface area (Å²) in [6, 6.07) is 6.99. The van der Waals surface area contributed by atoms with E-state index in [1.807, 2.05) is 0 Å². The molecule has 0 spiro atoms. The number of rotatable bonds is 5. The van der Waals surface area contributed by atoms with Crippen molar-refractivity contribution in [2.45, 2.75) is 19.8 Å². The van der Waals surface area contributed by atoms with Gasteiger partial charge in [-0.1, -0.05) is 18.2 Å². The van der Waals surface area contributed by atoms with E-state index in [4.69, 9.17) is 9.47 Å². The van der Waals surface area contributed by atoms with Crippen molar-refractivity contribution in [3.63, 3.8) is 0 Å². The van der Waals surface area contributed by atoms with Gasteiger partial charge in [0.05, 0.1) is 24.4 Å². The minimum absolute atomic E-state index is 0.158. The summed E-state index contributed by atoms with van der Waals surface area (Å²) in [7, 11) is 0. The maximum Gasteiger partial charge on any atom is 0.326 e. The number of hydrogen-bond acceptors (Lipinski definition) is 7. The van der Waals surface area contributed by atoms with Crippen LogP contribution in [0.4, 0.5) is 0 Å². The molecule has 7 nitrogen and oxygen atoms in total. The number of esters is 2. The van der Waals surface area contributed by atoms with Gasteiger partial charge in [-0.25, -0.2) is 0 Å². The smallest absolute Gasteiger partial charge is 0.326 e. The first kappa shape index (κ1) is 14.8. The summed E-state index contributed by atoms with van der Waals surface area (Å²) in [5.41, 5.74) is 0.735. The molecule has 0 N–H and O–H groups in total. The van der Waals surface area contributed by atoms with Crippen molar-refractivity contribution in [3.8, 4) is 0 Å². The maximum atomic E-state index is 12.1. The summed E-state index contributed by atoms with van der Waals surface area (Å²) in [6.07, 6.45) is 0. The maximum absolute atomic E-state index is 12.1. The molecular formula is C14H15N3O4. The SMILES string of the molecule is CCOC(=O)C(C(=O)OCC)c1nnnc2ccccc12. The first-order valence-electron chi connectivity index (χ1n) is 6.60. The van der Waals surface area contributed by atoms with Gasteiger partial charge in [-0.3, -0.25) is 9.59 Å². The van der Waals surface area contributed by atoms with Crippen LogP contribution < -0.4 is 0 Å². The lowest BCUT2D eigenvalue weighted by atomic mass is 10.0. The fraction of sp³-hybridized carbons (Fsp3) is 0.357. The van der Waals surface area contributed by atoms with E-state index in [9.17, 15) is 9.59 Å². The van der Waals surface area contributed by atoms with Crippen molar-refractivity contribution in [1.82, 2.24) is 15.4 Å². The van der Waals surface area contributed by atoms with Gasteiger partial charge in [-0.2, -0.15) is 0 Å². The lowest BCUT2D eigenvalue weighted by Crippen LogP contribution is -2.27. The Kier molecular flexibility index (Phi) is 4.76. The summed E-state index contributed by atoms with van der Waals surface area (Å²) in [6.45, 7) is 3.64. The zero-order valence-corrected chi connectivity index (χ0v) is 11.8. The van der Waals surface area contributed by atoms with Gasteiger partial charge in [-0.15, -0.1) is 10.2 Å². The van der Waals surface area contributed by atoms with Crippen molar-refractivity contribution in [3.05, 3.63) is 30.0 Å². The molecule has 1 aromatic heterocycles. The molecule has 1 heterocycles. The molecule has 0 unspecified atom stereocenters. The molecule has 0 aliphatic carbocycles. The molecule has 21 heavy (non-hydrogen) atoms. The van der Waals surface area contributed by atoms with E-state index in [-0.39, 0.29) is 18.9 Å². The Hall–Kier alpha value is -2.57. The number of benzene rings is 1. The van der Waals surface area contributed by atoms with E-state index < -0.39 is 17.9 Å². The first-order chi connectivity index (χ1) is 10.2. The Labute approximate surface area is 121 Å². The Morgan fingerprint density at radius 3 is 2.29 bits per heavy atom. The van der Waals surface area contributed by atoms with Gasteiger partial charge in [-0.05, 0) is 25.1 Å². The first-order valence-corrected chi connectivity index (χ1v) is 6.60. The third kappa shape index (κ3) is 3.13. The molecule has 0 amide bonds. The number of nitrogens with zero attached hydrogens (tertiary/aromatic N) is 3. The Morgan fingerprint density at radius 2 is 1.67 bits per heavy atom. The van der Waals surface area contributed by atoms with E-state index in [1.54, 1.807) is 38.1 Å². The number of carbonyl (C=O) groups excluding carboxylic acids is 2. The van der Waals surface area contributed by atoms with Crippen LogP contribution in [-0.2, 0) is 19.1 Å². The molecule has 7 heteroatoms. The number of ether oxygens (including phenoxy) is 2. The Bertz CT molecular complexity index is 636. The largest absolute Gasteiger partial charge is 0.465 e. The van der Waals surface area contributed by atoms with Gasteiger partial charge in [0.15, 0.2) is 5.92 Å². The third-order valence-corrected chi connectivity index (χ3v) is 2.80. The van der Waals surface area contributed by atoms with Crippen LogP contribution in [0.25, 0.3) is 10.9 Å². The Morgan fingerprint density at radius 1 is 1.05 bits per heavy atom. The minimum atomic E-state index is -1.26. The summed E-state index contributed by atoms with van der Waals surface area (Å²) >= 11 is 0. The number of hydrogen-bond donors (Lipinski definition) is 0. The van der Waals surface area contributed by atoms with E-state index in [1.165, 1.54) is 0 Å². The highest BCUT2D eigenvalue weighted by Crippen LogP contribution is 2.24. The number of fused-ring (bicyclic) bond motifs is 1. The zero-order chi connectivity index (χ0) is 15.2. The molecule has 0 saturated carbocycles. The molecule has 0 fully saturated rings. The molecule has 1 aromatic carbocycles. The average Bonchev–Trinajstić information content (AvgIpc) is 2.48. The van der Waals surface area contributed by atoms with Crippen molar-refractivity contribution in [1.29, 1.82) is 0 Å². The highest BCUT2D eigenvalue weighted by atomic mass is 16.6. The molecule has 110 valence electrons. The van der Waals surface area contributed by atoms with E-state index >= 15 is 0 Å². The average molecular weight is 289 g/mol. The van der Waals surface area contributed by atoms with Crippen LogP contribution in [0, 0.1) is 0 Å². The topological polar surface area (TPSA) is 91.3 Å². The van der Waals surface area contributed by atoms with Gasteiger partial charge in [0.2, 0.25) is 0 Å². The van der Waals surface area contributed by atoms with Crippen molar-refractivity contribution in [2.24, 2.45) is 0 Å². The van der Waals surface area contributed by atoms with Crippen LogP contribution >= 0.6 is 0 Å². The number of carbonyl (C=O) groups is 2. The van der Waals surface area contributed by atoms with Gasteiger partial charge in [0.25, 0.3) is 0 Å². The standard InChI is InChI=1S/C14H15N3O4/c1-3-20-13(18)11(14(19)21-4-2)12-9-7-5-6-8-10(9)15-17-16-12/h5-8,11H,3-4H2,1-2H3. The molecule has 0 saturated heterocycles. The normalized spacial score (nSPS) is 10.6. The fourth-order valence-electron chi connectivity index (χ4n) is 1.93. The van der Waals surface area contributed by atoms with Gasteiger partial charge < -0.3 is 9.47 Å². The second-order valence-electron chi connectivity index (χ2n) is 4.13. The lowest BCUT2D eigenvalue weighted by molar-refractivity contribution is -0.157. The highest BCUT2D eigenvalue weighted by Gasteiger charge is 2.34. The molecule has 2 aromatic rings. The molecule has 0 atom stereocenters. The van der Waals surface area contributed by atoms with E-state index in [0.29, 0.717) is 10.9 Å².